The Kier molecular flexibility index (Phi) is 6.84. The molecule has 0 bridgehead atoms. The van der Waals surface area contributed by atoms with Crippen molar-refractivity contribution in [3.63, 3.8) is 0 Å². The zero-order chi connectivity index (χ0) is 37.9. The number of rotatable bonds is 5. The van der Waals surface area contributed by atoms with Gasteiger partial charge in [-0.1, -0.05) is 42.5 Å². The Morgan fingerprint density at radius 2 is 1.30 bits per heavy atom. The average molecular weight is 733 g/mol. The van der Waals surface area contributed by atoms with E-state index in [9.17, 15) is 0 Å². The first-order valence-corrected chi connectivity index (χ1v) is 19.0. The maximum absolute atomic E-state index is 6.87. The molecule has 11 rings (SSSR count). The summed E-state index contributed by atoms with van der Waals surface area (Å²) in [6, 6.07) is 47.5. The van der Waals surface area contributed by atoms with Gasteiger partial charge in [0.2, 0.25) is 0 Å². The van der Waals surface area contributed by atoms with Gasteiger partial charge in [-0.05, 0) is 90.0 Å². The Hall–Kier alpha value is -6.93. The molecule has 0 N–H and O–H groups in total. The summed E-state index contributed by atoms with van der Waals surface area (Å²) >= 11 is 0. The fraction of sp³-hybridized carbons (Fsp3) is 0.146. The van der Waals surface area contributed by atoms with Gasteiger partial charge in [-0.3, -0.25) is 4.57 Å². The lowest BCUT2D eigenvalue weighted by Gasteiger charge is -2.47. The average Bonchev–Trinajstić information content (AvgIpc) is 3.74. The van der Waals surface area contributed by atoms with Crippen LogP contribution in [0.25, 0.3) is 27.6 Å². The number of nitrogens with zero attached hydrogens (tertiary/aromatic N) is 6. The van der Waals surface area contributed by atoms with E-state index < -0.39 is 5.41 Å². The molecule has 0 aliphatic carbocycles. The molecule has 8 heteroatoms. The van der Waals surface area contributed by atoms with Crippen LogP contribution in [-0.2, 0) is 5.41 Å². The Balaban J connectivity index is 1.14. The van der Waals surface area contributed by atoms with E-state index in [1.165, 1.54) is 27.9 Å². The summed E-state index contributed by atoms with van der Waals surface area (Å²) in [5, 5.41) is 2.33. The summed E-state index contributed by atoms with van der Waals surface area (Å²) in [6.07, 6.45) is 1.84. The molecule has 0 unspecified atom stereocenters. The predicted molar refractivity (Wildman–Crippen MR) is 228 cm³/mol. The van der Waals surface area contributed by atoms with E-state index in [2.05, 4.69) is 175 Å². The summed E-state index contributed by atoms with van der Waals surface area (Å²) in [7, 11) is 10.6. The van der Waals surface area contributed by atoms with E-state index in [-0.39, 0.29) is 0 Å². The third-order valence-corrected chi connectivity index (χ3v) is 11.9. The molecule has 8 aromatic rings. The molecule has 0 saturated heterocycles. The molecule has 0 radical (unpaired) electrons. The number of benzene rings is 6. The number of anilines is 5. The number of hydrogen-bond donors (Lipinski definition) is 0. The van der Waals surface area contributed by atoms with Crippen LogP contribution in [0.4, 0.5) is 28.4 Å². The van der Waals surface area contributed by atoms with Crippen molar-refractivity contribution in [3.8, 4) is 28.8 Å². The SMILES string of the molecule is CN(C)c1ccc2c(c1)C1(c3cc(N(C)C)ccc3O2)c2ccc(Oc3ccc4c5ccccc5n(-c5ccccn5)c4c3)cc2N2CN(C)c3cccc1c32. The standard InChI is InChI=1S/C48H40N6O2/c1-50(2)30-16-22-44-38(25-30)48(39-26-31(51(3)4)17-23-45(39)56-44)36-21-19-33(28-43(36)53-29-52(5)41-14-10-12-37(48)47(41)53)55-32-18-20-35-34-11-6-7-13-40(34)54(42(35)27-32)46-15-8-9-24-49-46/h6-28H,29H2,1-5H3. The van der Waals surface area contributed by atoms with Crippen LogP contribution >= 0.6 is 0 Å². The van der Waals surface area contributed by atoms with Gasteiger partial charge in [0.15, 0.2) is 0 Å². The fourth-order valence-corrected chi connectivity index (χ4v) is 9.32. The highest BCUT2D eigenvalue weighted by atomic mass is 16.5. The maximum atomic E-state index is 6.87. The zero-order valence-corrected chi connectivity index (χ0v) is 32.0. The van der Waals surface area contributed by atoms with Crippen LogP contribution in [0, 0.1) is 0 Å². The Morgan fingerprint density at radius 1 is 0.607 bits per heavy atom. The Bertz CT molecular complexity index is 2840. The Labute approximate surface area is 326 Å². The molecule has 0 amide bonds. The topological polar surface area (TPSA) is 49.2 Å². The summed E-state index contributed by atoms with van der Waals surface area (Å²) in [5.41, 5.74) is 11.9. The van der Waals surface area contributed by atoms with Gasteiger partial charge in [0.1, 0.15) is 28.8 Å². The number of pyridine rings is 1. The van der Waals surface area contributed by atoms with Crippen molar-refractivity contribution < 1.29 is 9.47 Å². The van der Waals surface area contributed by atoms with Crippen molar-refractivity contribution in [1.29, 1.82) is 0 Å². The van der Waals surface area contributed by atoms with Crippen molar-refractivity contribution in [3.05, 3.63) is 162 Å². The summed E-state index contributed by atoms with van der Waals surface area (Å²) in [6.45, 7) is 0.723. The van der Waals surface area contributed by atoms with Crippen LogP contribution in [0.1, 0.15) is 22.3 Å². The highest BCUT2D eigenvalue weighted by Gasteiger charge is 2.53. The minimum atomic E-state index is -0.676. The molecule has 8 nitrogen and oxygen atoms in total. The van der Waals surface area contributed by atoms with Gasteiger partial charge in [0, 0.05) is 86.8 Å². The van der Waals surface area contributed by atoms with E-state index in [1.54, 1.807) is 0 Å². The molecule has 0 saturated carbocycles. The number of ether oxygens (including phenoxy) is 2. The third kappa shape index (κ3) is 4.44. The van der Waals surface area contributed by atoms with Gasteiger partial charge in [-0.25, -0.2) is 4.98 Å². The molecule has 3 aliphatic rings. The molecule has 274 valence electrons. The molecule has 5 heterocycles. The lowest BCUT2D eigenvalue weighted by atomic mass is 9.61. The third-order valence-electron chi connectivity index (χ3n) is 11.9. The first-order chi connectivity index (χ1) is 27.3. The summed E-state index contributed by atoms with van der Waals surface area (Å²) < 4.78 is 15.9. The van der Waals surface area contributed by atoms with Gasteiger partial charge in [0.05, 0.1) is 40.2 Å². The van der Waals surface area contributed by atoms with E-state index in [0.717, 1.165) is 80.1 Å². The van der Waals surface area contributed by atoms with Gasteiger partial charge in [-0.2, -0.15) is 0 Å². The highest BCUT2D eigenvalue weighted by molar-refractivity contribution is 6.09. The van der Waals surface area contributed by atoms with Crippen molar-refractivity contribution in [2.75, 3.05) is 61.5 Å². The van der Waals surface area contributed by atoms with Crippen molar-refractivity contribution >= 4 is 50.2 Å². The fourth-order valence-electron chi connectivity index (χ4n) is 9.32. The van der Waals surface area contributed by atoms with E-state index in [1.807, 2.05) is 24.4 Å². The number of para-hydroxylation sites is 2. The summed E-state index contributed by atoms with van der Waals surface area (Å²) in [4.78, 5) is 13.9. The van der Waals surface area contributed by atoms with Gasteiger partial charge in [-0.15, -0.1) is 0 Å². The molecule has 6 aromatic carbocycles. The minimum absolute atomic E-state index is 0.676. The lowest BCUT2D eigenvalue weighted by molar-refractivity contribution is 0.433. The molecular formula is C48H40N6O2. The van der Waals surface area contributed by atoms with Crippen LogP contribution in [0.5, 0.6) is 23.0 Å². The van der Waals surface area contributed by atoms with E-state index >= 15 is 0 Å². The van der Waals surface area contributed by atoms with Crippen LogP contribution < -0.4 is 29.1 Å². The monoisotopic (exact) mass is 732 g/mol. The quantitative estimate of drug-likeness (QED) is 0.175. The molecule has 1 spiro atoms. The van der Waals surface area contributed by atoms with Crippen LogP contribution in [0.2, 0.25) is 0 Å². The van der Waals surface area contributed by atoms with Crippen molar-refractivity contribution in [2.24, 2.45) is 0 Å². The molecule has 0 fully saturated rings. The summed E-state index contributed by atoms with van der Waals surface area (Å²) in [5.74, 6) is 4.12. The number of aromatic nitrogens is 2. The molecule has 56 heavy (non-hydrogen) atoms. The van der Waals surface area contributed by atoms with Gasteiger partial charge < -0.3 is 29.1 Å². The van der Waals surface area contributed by atoms with Crippen molar-refractivity contribution in [1.82, 2.24) is 9.55 Å². The molecular weight excluding hydrogens is 693 g/mol. The molecule has 3 aliphatic heterocycles. The number of hydrogen-bond acceptors (Lipinski definition) is 7. The molecule has 2 aromatic heterocycles. The smallest absolute Gasteiger partial charge is 0.137 e. The van der Waals surface area contributed by atoms with Crippen LogP contribution in [-0.4, -0.2) is 51.5 Å². The highest BCUT2D eigenvalue weighted by Crippen LogP contribution is 2.65. The van der Waals surface area contributed by atoms with Gasteiger partial charge >= 0.3 is 0 Å². The Morgan fingerprint density at radius 3 is 2.04 bits per heavy atom. The van der Waals surface area contributed by atoms with Crippen LogP contribution in [0.3, 0.4) is 0 Å². The second-order valence-corrected chi connectivity index (χ2v) is 15.4. The van der Waals surface area contributed by atoms with Crippen molar-refractivity contribution in [2.45, 2.75) is 5.41 Å². The maximum Gasteiger partial charge on any atom is 0.137 e. The normalized spacial score (nSPS) is 14.3. The van der Waals surface area contributed by atoms with Gasteiger partial charge in [0.25, 0.3) is 0 Å². The lowest BCUT2D eigenvalue weighted by Crippen LogP contribution is -2.40. The second kappa shape index (κ2) is 11.8. The van der Waals surface area contributed by atoms with Crippen LogP contribution in [0.15, 0.2) is 140 Å². The predicted octanol–water partition coefficient (Wildman–Crippen LogP) is 10.5. The zero-order valence-electron chi connectivity index (χ0n) is 32.0. The largest absolute Gasteiger partial charge is 0.457 e. The minimum Gasteiger partial charge on any atom is -0.457 e. The second-order valence-electron chi connectivity index (χ2n) is 15.4. The molecule has 0 atom stereocenters. The van der Waals surface area contributed by atoms with E-state index in [0.29, 0.717) is 0 Å². The first kappa shape index (κ1) is 32.5. The van der Waals surface area contributed by atoms with E-state index in [4.69, 9.17) is 14.5 Å². The number of fused-ring (bicyclic) bond motifs is 11. The first-order valence-electron chi connectivity index (χ1n) is 19.0.